The predicted molar refractivity (Wildman–Crippen MR) is 59.7 cm³/mol. The second-order valence-corrected chi connectivity index (χ2v) is 3.17. The van der Waals surface area contributed by atoms with E-state index in [9.17, 15) is 4.79 Å². The Kier molecular flexibility index (Phi) is 11.5. The molecule has 2 N–H and O–H groups in total. The highest BCUT2D eigenvalue weighted by Gasteiger charge is 1.92. The summed E-state index contributed by atoms with van der Waals surface area (Å²) in [6.07, 6.45) is 2.27. The van der Waals surface area contributed by atoms with E-state index in [1.807, 2.05) is 14.1 Å². The van der Waals surface area contributed by atoms with Crippen molar-refractivity contribution in [1.82, 2.24) is 10.2 Å². The molecule has 15 heavy (non-hydrogen) atoms. The maximum absolute atomic E-state index is 10.6. The Morgan fingerprint density at radius 1 is 1.47 bits per heavy atom. The van der Waals surface area contributed by atoms with Gasteiger partial charge in [0.1, 0.15) is 0 Å². The van der Waals surface area contributed by atoms with Crippen molar-refractivity contribution in [2.24, 2.45) is 0 Å². The van der Waals surface area contributed by atoms with E-state index in [-0.39, 0.29) is 5.91 Å². The van der Waals surface area contributed by atoms with E-state index < -0.39 is 5.97 Å². The van der Waals surface area contributed by atoms with Crippen LogP contribution in [0.4, 0.5) is 0 Å². The van der Waals surface area contributed by atoms with Crippen molar-refractivity contribution in [2.75, 3.05) is 27.2 Å². The summed E-state index contributed by atoms with van der Waals surface area (Å²) in [4.78, 5) is 21.7. The van der Waals surface area contributed by atoms with Crippen LogP contribution in [-0.2, 0) is 9.59 Å². The maximum atomic E-state index is 10.6. The average Bonchev–Trinajstić information content (AvgIpc) is 2.10. The number of aliphatic carboxylic acids is 1. The van der Waals surface area contributed by atoms with Gasteiger partial charge in [-0.05, 0) is 33.1 Å². The van der Waals surface area contributed by atoms with Crippen molar-refractivity contribution in [3.8, 4) is 0 Å². The first-order valence-corrected chi connectivity index (χ1v) is 4.64. The van der Waals surface area contributed by atoms with Crippen LogP contribution in [0.5, 0.6) is 0 Å². The van der Waals surface area contributed by atoms with E-state index in [0.29, 0.717) is 0 Å². The highest BCUT2D eigenvalue weighted by atomic mass is 16.4. The van der Waals surface area contributed by atoms with E-state index in [4.69, 9.17) is 9.90 Å². The quantitative estimate of drug-likeness (QED) is 0.513. The summed E-state index contributed by atoms with van der Waals surface area (Å²) in [5.41, 5.74) is 0. The molecule has 0 bridgehead atoms. The molecule has 1 amide bonds. The predicted octanol–water partition coefficient (Wildman–Crippen LogP) is 0.331. The highest BCUT2D eigenvalue weighted by molar-refractivity contribution is 5.86. The fourth-order valence-electron chi connectivity index (χ4n) is 0.679. The van der Waals surface area contributed by atoms with E-state index in [2.05, 4.69) is 16.8 Å². The van der Waals surface area contributed by atoms with Gasteiger partial charge in [0.05, 0.1) is 0 Å². The molecule has 0 saturated heterocycles. The Labute approximate surface area is 90.8 Å². The van der Waals surface area contributed by atoms with Crippen molar-refractivity contribution < 1.29 is 14.7 Å². The maximum Gasteiger partial charge on any atom is 0.300 e. The number of hydrogen-bond acceptors (Lipinski definition) is 3. The molecule has 88 valence electrons. The lowest BCUT2D eigenvalue weighted by molar-refractivity contribution is -0.134. The topological polar surface area (TPSA) is 69.6 Å². The van der Waals surface area contributed by atoms with Gasteiger partial charge in [-0.1, -0.05) is 6.58 Å². The van der Waals surface area contributed by atoms with E-state index in [1.54, 1.807) is 0 Å². The van der Waals surface area contributed by atoms with Crippen molar-refractivity contribution in [3.05, 3.63) is 12.7 Å². The molecule has 0 spiro atoms. The van der Waals surface area contributed by atoms with Crippen LogP contribution >= 0.6 is 0 Å². The molecule has 0 radical (unpaired) electrons. The second kappa shape index (κ2) is 10.7. The third-order valence-corrected chi connectivity index (χ3v) is 1.27. The van der Waals surface area contributed by atoms with Crippen LogP contribution in [0.25, 0.3) is 0 Å². The van der Waals surface area contributed by atoms with Gasteiger partial charge in [0.25, 0.3) is 5.97 Å². The van der Waals surface area contributed by atoms with Gasteiger partial charge in [0.15, 0.2) is 0 Å². The molecule has 0 aromatic rings. The summed E-state index contributed by atoms with van der Waals surface area (Å²) >= 11 is 0. The minimum atomic E-state index is -0.833. The molecule has 0 heterocycles. The third-order valence-electron chi connectivity index (χ3n) is 1.27. The SMILES string of the molecule is C=CC(=O)NCCCN(C)C.CC(=O)O. The number of carbonyl (C=O) groups excluding carboxylic acids is 1. The van der Waals surface area contributed by atoms with Gasteiger partial charge in [0.2, 0.25) is 5.91 Å². The van der Waals surface area contributed by atoms with Crippen molar-refractivity contribution in [3.63, 3.8) is 0 Å². The lowest BCUT2D eigenvalue weighted by Crippen LogP contribution is -2.25. The summed E-state index contributed by atoms with van der Waals surface area (Å²) in [6, 6.07) is 0. The summed E-state index contributed by atoms with van der Waals surface area (Å²) < 4.78 is 0. The first-order chi connectivity index (χ1) is 6.90. The number of hydrogen-bond donors (Lipinski definition) is 2. The van der Waals surface area contributed by atoms with Crippen LogP contribution in [-0.4, -0.2) is 49.1 Å². The number of carboxylic acid groups (broad SMARTS) is 1. The van der Waals surface area contributed by atoms with Crippen molar-refractivity contribution in [1.29, 1.82) is 0 Å². The van der Waals surface area contributed by atoms with Crippen LogP contribution in [0.2, 0.25) is 0 Å². The van der Waals surface area contributed by atoms with Crippen LogP contribution in [0.15, 0.2) is 12.7 Å². The normalized spacial score (nSPS) is 8.80. The van der Waals surface area contributed by atoms with Crippen LogP contribution in [0.3, 0.4) is 0 Å². The molecule has 0 aliphatic rings. The largest absolute Gasteiger partial charge is 0.481 e. The minimum absolute atomic E-state index is 0.0937. The third kappa shape index (κ3) is 24.5. The van der Waals surface area contributed by atoms with Gasteiger partial charge in [0, 0.05) is 13.5 Å². The number of rotatable bonds is 5. The van der Waals surface area contributed by atoms with Crippen LogP contribution < -0.4 is 5.32 Å². The molecule has 0 unspecified atom stereocenters. The molecule has 5 nitrogen and oxygen atoms in total. The number of amides is 1. The fourth-order valence-corrected chi connectivity index (χ4v) is 0.679. The Morgan fingerprint density at radius 2 is 1.93 bits per heavy atom. The fraction of sp³-hybridized carbons (Fsp3) is 0.600. The van der Waals surface area contributed by atoms with Crippen molar-refractivity contribution >= 4 is 11.9 Å². The number of nitrogens with zero attached hydrogens (tertiary/aromatic N) is 1. The summed E-state index contributed by atoms with van der Waals surface area (Å²) in [7, 11) is 4.02. The molecule has 5 heteroatoms. The van der Waals surface area contributed by atoms with E-state index in [0.717, 1.165) is 26.4 Å². The van der Waals surface area contributed by atoms with Crippen LogP contribution in [0.1, 0.15) is 13.3 Å². The van der Waals surface area contributed by atoms with Crippen LogP contribution in [0, 0.1) is 0 Å². The zero-order valence-corrected chi connectivity index (χ0v) is 9.62. The molecule has 0 rings (SSSR count). The molecule has 0 aromatic carbocycles. The summed E-state index contributed by atoms with van der Waals surface area (Å²) in [5.74, 6) is -0.927. The van der Waals surface area contributed by atoms with E-state index in [1.165, 1.54) is 6.08 Å². The standard InChI is InChI=1S/C8H16N2O.C2H4O2/c1-4-8(11)9-6-5-7-10(2)3;1-2(3)4/h4H,1,5-7H2,2-3H3,(H,9,11);1H3,(H,3,4). The molecule has 0 aromatic heterocycles. The zero-order valence-electron chi connectivity index (χ0n) is 9.62. The van der Waals surface area contributed by atoms with Gasteiger partial charge in [-0.2, -0.15) is 0 Å². The Balaban J connectivity index is 0. The monoisotopic (exact) mass is 216 g/mol. The van der Waals surface area contributed by atoms with Gasteiger partial charge < -0.3 is 15.3 Å². The Hall–Kier alpha value is -1.36. The number of carbonyl (C=O) groups is 2. The lowest BCUT2D eigenvalue weighted by Gasteiger charge is -2.08. The molecular formula is C10H20N2O3. The molecule has 0 saturated carbocycles. The highest BCUT2D eigenvalue weighted by Crippen LogP contribution is 1.80. The Bertz CT molecular complexity index is 199. The van der Waals surface area contributed by atoms with Gasteiger partial charge >= 0.3 is 0 Å². The number of carboxylic acids is 1. The first-order valence-electron chi connectivity index (χ1n) is 4.64. The molecular weight excluding hydrogens is 196 g/mol. The Morgan fingerprint density at radius 3 is 2.27 bits per heavy atom. The van der Waals surface area contributed by atoms with Gasteiger partial charge in [-0.15, -0.1) is 0 Å². The summed E-state index contributed by atoms with van der Waals surface area (Å²) in [5, 5.41) is 10.1. The van der Waals surface area contributed by atoms with E-state index >= 15 is 0 Å². The molecule has 0 fully saturated rings. The lowest BCUT2D eigenvalue weighted by atomic mass is 10.4. The van der Waals surface area contributed by atoms with Gasteiger partial charge in [-0.3, -0.25) is 9.59 Å². The number of nitrogens with one attached hydrogen (secondary N) is 1. The first kappa shape index (κ1) is 16.1. The second-order valence-electron chi connectivity index (χ2n) is 3.17. The zero-order chi connectivity index (χ0) is 12.3. The molecule has 0 aliphatic carbocycles. The molecule has 0 aliphatic heterocycles. The summed E-state index contributed by atoms with van der Waals surface area (Å²) in [6.45, 7) is 6.16. The average molecular weight is 216 g/mol. The smallest absolute Gasteiger partial charge is 0.300 e. The minimum Gasteiger partial charge on any atom is -0.481 e. The van der Waals surface area contributed by atoms with Gasteiger partial charge in [-0.25, -0.2) is 0 Å². The van der Waals surface area contributed by atoms with Crippen molar-refractivity contribution in [2.45, 2.75) is 13.3 Å². The molecule has 0 atom stereocenters.